The van der Waals surface area contributed by atoms with Gasteiger partial charge >= 0.3 is 12.2 Å². The van der Waals surface area contributed by atoms with Crippen molar-refractivity contribution in [3.63, 3.8) is 0 Å². The number of hydrogen-bond acceptors (Lipinski definition) is 7. The summed E-state index contributed by atoms with van der Waals surface area (Å²) in [6, 6.07) is 1.89. The van der Waals surface area contributed by atoms with E-state index in [9.17, 15) is 18.4 Å². The summed E-state index contributed by atoms with van der Waals surface area (Å²) in [6.45, 7) is 0.829. The second kappa shape index (κ2) is 6.57. The van der Waals surface area contributed by atoms with Crippen LogP contribution < -0.4 is 15.1 Å². The number of hydrogen-bond donors (Lipinski definition) is 1. The molecule has 10 nitrogen and oxygen atoms in total. The highest BCUT2D eigenvalue weighted by Crippen LogP contribution is 2.34. The van der Waals surface area contributed by atoms with Crippen molar-refractivity contribution in [1.82, 2.24) is 20.3 Å². The predicted molar refractivity (Wildman–Crippen MR) is 93.4 cm³/mol. The van der Waals surface area contributed by atoms with Crippen molar-refractivity contribution < 1.29 is 27.8 Å². The van der Waals surface area contributed by atoms with Gasteiger partial charge in [0.15, 0.2) is 11.6 Å². The van der Waals surface area contributed by atoms with Crippen molar-refractivity contribution in [3.8, 4) is 0 Å². The zero-order valence-electron chi connectivity index (χ0n) is 15.0. The molecule has 2 aromatic rings. The lowest BCUT2D eigenvalue weighted by Gasteiger charge is -2.22. The first kappa shape index (κ1) is 17.6. The smallest absolute Gasteiger partial charge is 0.414 e. The quantitative estimate of drug-likeness (QED) is 0.804. The summed E-state index contributed by atoms with van der Waals surface area (Å²) in [5.74, 6) is -1.61. The molecule has 0 spiro atoms. The Morgan fingerprint density at radius 2 is 1.93 bits per heavy atom. The Labute approximate surface area is 163 Å². The zero-order chi connectivity index (χ0) is 20.1. The minimum Gasteiger partial charge on any atom is -0.442 e. The second-order valence-corrected chi connectivity index (χ2v) is 7.10. The summed E-state index contributed by atoms with van der Waals surface area (Å²) in [7, 11) is 0. The summed E-state index contributed by atoms with van der Waals surface area (Å²) < 4.78 is 41.4. The predicted octanol–water partition coefficient (Wildman–Crippen LogP) is 0.879. The second-order valence-electron chi connectivity index (χ2n) is 7.10. The topological polar surface area (TPSA) is 102 Å². The van der Waals surface area contributed by atoms with Crippen molar-refractivity contribution >= 4 is 23.6 Å². The molecule has 0 radical (unpaired) electrons. The zero-order valence-corrected chi connectivity index (χ0v) is 15.0. The van der Waals surface area contributed by atoms with Crippen molar-refractivity contribution in [3.05, 3.63) is 36.2 Å². The van der Waals surface area contributed by atoms with Crippen LogP contribution in [0.2, 0.25) is 0 Å². The molecule has 3 fully saturated rings. The van der Waals surface area contributed by atoms with Crippen molar-refractivity contribution in [2.45, 2.75) is 24.8 Å². The fraction of sp³-hybridized carbons (Fsp3) is 0.412. The number of halogens is 2. The molecule has 3 saturated heterocycles. The van der Waals surface area contributed by atoms with Crippen LogP contribution in [0.15, 0.2) is 24.5 Å². The summed E-state index contributed by atoms with van der Waals surface area (Å²) in [5.41, 5.74) is -0.147. The highest BCUT2D eigenvalue weighted by atomic mass is 19.1. The van der Waals surface area contributed by atoms with Crippen LogP contribution >= 0.6 is 0 Å². The van der Waals surface area contributed by atoms with E-state index in [1.807, 2.05) is 0 Å². The molecule has 3 unspecified atom stereocenters. The third-order valence-corrected chi connectivity index (χ3v) is 5.19. The Morgan fingerprint density at radius 3 is 2.62 bits per heavy atom. The molecule has 0 bridgehead atoms. The van der Waals surface area contributed by atoms with Crippen molar-refractivity contribution in [1.29, 1.82) is 0 Å². The van der Waals surface area contributed by atoms with Crippen LogP contribution in [0, 0.1) is 11.6 Å². The molecule has 152 valence electrons. The van der Waals surface area contributed by atoms with E-state index in [0.29, 0.717) is 0 Å². The Bertz CT molecular complexity index is 932. The van der Waals surface area contributed by atoms with Gasteiger partial charge in [-0.3, -0.25) is 4.90 Å². The first-order valence-corrected chi connectivity index (χ1v) is 9.01. The number of aromatic nitrogens is 3. The molecule has 1 N–H and O–H groups in total. The maximum absolute atomic E-state index is 14.8. The Kier molecular flexibility index (Phi) is 4.00. The molecule has 1 aromatic carbocycles. The molecule has 12 heteroatoms. The van der Waals surface area contributed by atoms with E-state index >= 15 is 0 Å². The number of nitrogens with zero attached hydrogens (tertiary/aromatic N) is 5. The molecule has 0 saturated carbocycles. The van der Waals surface area contributed by atoms with E-state index in [1.165, 1.54) is 20.7 Å². The van der Waals surface area contributed by atoms with E-state index in [-0.39, 0.29) is 43.6 Å². The highest BCUT2D eigenvalue weighted by molar-refractivity contribution is 5.90. The van der Waals surface area contributed by atoms with E-state index < -0.39 is 36.0 Å². The molecule has 2 amide bonds. The summed E-state index contributed by atoms with van der Waals surface area (Å²) in [5, 5.41) is 10.1. The fourth-order valence-corrected chi connectivity index (χ4v) is 3.91. The monoisotopic (exact) mass is 406 g/mol. The van der Waals surface area contributed by atoms with Gasteiger partial charge in [0.25, 0.3) is 0 Å². The number of anilines is 2. The number of ether oxygens (including phenoxy) is 2. The van der Waals surface area contributed by atoms with Gasteiger partial charge in [-0.2, -0.15) is 0 Å². The Hall–Kier alpha value is -3.44. The molecule has 3 atom stereocenters. The minimum absolute atomic E-state index is 0.0683. The Balaban J connectivity index is 1.33. The molecule has 0 aliphatic carbocycles. The van der Waals surface area contributed by atoms with Crippen molar-refractivity contribution in [2.75, 3.05) is 29.4 Å². The summed E-state index contributed by atoms with van der Waals surface area (Å²) in [4.78, 5) is 26.1. The van der Waals surface area contributed by atoms with E-state index in [0.717, 1.165) is 12.1 Å². The van der Waals surface area contributed by atoms with Crippen LogP contribution in [0.4, 0.5) is 29.7 Å². The van der Waals surface area contributed by atoms with Gasteiger partial charge < -0.3 is 19.7 Å². The molecular formula is C17H16F2N6O4. The number of nitrogens with one attached hydrogen (secondary N) is 1. The van der Waals surface area contributed by atoms with Crippen LogP contribution in [0.3, 0.4) is 0 Å². The number of carbonyl (C=O) groups excluding carboxylic acids is 2. The number of cyclic esters (lactones) is 1. The number of fused-ring (bicyclic) bond motifs is 1. The van der Waals surface area contributed by atoms with Gasteiger partial charge in [0, 0.05) is 24.9 Å². The summed E-state index contributed by atoms with van der Waals surface area (Å²) >= 11 is 0. The minimum atomic E-state index is -0.807. The molecule has 3 aliphatic rings. The van der Waals surface area contributed by atoms with Gasteiger partial charge in [0.05, 0.1) is 37.6 Å². The van der Waals surface area contributed by atoms with Gasteiger partial charge in [-0.05, 0) is 0 Å². The first-order chi connectivity index (χ1) is 14.0. The van der Waals surface area contributed by atoms with Gasteiger partial charge in [0.1, 0.15) is 17.9 Å². The number of alkyl carbamates (subject to hydrolysis) is 1. The number of benzene rings is 1. The normalized spacial score (nSPS) is 25.8. The fourth-order valence-electron chi connectivity index (χ4n) is 3.91. The maximum atomic E-state index is 14.8. The van der Waals surface area contributed by atoms with Crippen LogP contribution in [0.25, 0.3) is 0 Å². The highest BCUT2D eigenvalue weighted by Gasteiger charge is 2.43. The number of amides is 2. The van der Waals surface area contributed by atoms with Gasteiger partial charge in [0.2, 0.25) is 0 Å². The molecule has 4 heterocycles. The first-order valence-electron chi connectivity index (χ1n) is 9.01. The molecule has 5 rings (SSSR count). The van der Waals surface area contributed by atoms with Crippen molar-refractivity contribution in [2.24, 2.45) is 0 Å². The van der Waals surface area contributed by atoms with Gasteiger partial charge in [-0.1, -0.05) is 5.21 Å². The van der Waals surface area contributed by atoms with E-state index in [1.54, 1.807) is 6.20 Å². The standard InChI is InChI=1S/C17H16F2N6O4/c18-11-3-9(25-6-10(28-17(25)27)5-24-2-1-20-22-24)4-12(19)15(11)23-7-13-14(8-23)29-16(26)21-13/h1-4,10,13-14H,5-8H2,(H,21,26). The molecular weight excluding hydrogens is 390 g/mol. The van der Waals surface area contributed by atoms with Crippen LogP contribution in [0.5, 0.6) is 0 Å². The average molecular weight is 406 g/mol. The SMILES string of the molecule is O=C1NC2CN(c3c(F)cc(N4CC(Cn5ccnn5)OC4=O)cc3F)CC2O1. The lowest BCUT2D eigenvalue weighted by Crippen LogP contribution is -2.33. The number of carbonyl (C=O) groups is 2. The van der Waals surface area contributed by atoms with Gasteiger partial charge in [-0.25, -0.2) is 23.1 Å². The molecule has 29 heavy (non-hydrogen) atoms. The van der Waals surface area contributed by atoms with Crippen LogP contribution in [-0.4, -0.2) is 65.1 Å². The number of rotatable bonds is 4. The lowest BCUT2D eigenvalue weighted by molar-refractivity contribution is 0.129. The van der Waals surface area contributed by atoms with E-state index in [4.69, 9.17) is 9.47 Å². The average Bonchev–Trinajstić information content (AvgIpc) is 3.40. The van der Waals surface area contributed by atoms with Crippen LogP contribution in [0.1, 0.15) is 0 Å². The Morgan fingerprint density at radius 1 is 1.14 bits per heavy atom. The van der Waals surface area contributed by atoms with E-state index in [2.05, 4.69) is 15.6 Å². The maximum Gasteiger partial charge on any atom is 0.414 e. The molecule has 3 aliphatic heterocycles. The van der Waals surface area contributed by atoms with Crippen LogP contribution in [-0.2, 0) is 16.0 Å². The third kappa shape index (κ3) is 3.09. The third-order valence-electron chi connectivity index (χ3n) is 5.19. The largest absolute Gasteiger partial charge is 0.442 e. The molecule has 1 aromatic heterocycles. The summed E-state index contributed by atoms with van der Waals surface area (Å²) in [6.07, 6.45) is 0.946. The van der Waals surface area contributed by atoms with Gasteiger partial charge in [-0.15, -0.1) is 5.10 Å². The lowest BCUT2D eigenvalue weighted by atomic mass is 10.2.